The summed E-state index contributed by atoms with van der Waals surface area (Å²) in [6.07, 6.45) is 2.45. The maximum atomic E-state index is 14.0. The first-order chi connectivity index (χ1) is 9.74. The Hall–Kier alpha value is -0.970. The summed E-state index contributed by atoms with van der Waals surface area (Å²) in [4.78, 5) is 2.33. The molecule has 1 saturated carbocycles. The standard InChI is InChI=1S/C16H25FN2O/c1-3-18-11-13-4-7-16(17)14(10-13)12-19(8-9-20-2)15-5-6-15/h4,7,10,15,18H,3,5-6,8-9,11-12H2,1-2H3. The summed E-state index contributed by atoms with van der Waals surface area (Å²) in [6.45, 7) is 6.05. The molecule has 4 heteroatoms. The molecule has 112 valence electrons. The maximum Gasteiger partial charge on any atom is 0.127 e. The van der Waals surface area contributed by atoms with Crippen LogP contribution in [0.5, 0.6) is 0 Å². The molecule has 0 unspecified atom stereocenters. The Balaban J connectivity index is 2.01. The van der Waals surface area contributed by atoms with Gasteiger partial charge in [-0.1, -0.05) is 19.1 Å². The van der Waals surface area contributed by atoms with Crippen LogP contribution in [0.4, 0.5) is 4.39 Å². The van der Waals surface area contributed by atoms with Gasteiger partial charge in [0.2, 0.25) is 0 Å². The van der Waals surface area contributed by atoms with Crippen molar-refractivity contribution in [2.24, 2.45) is 0 Å². The molecule has 1 fully saturated rings. The summed E-state index contributed by atoms with van der Waals surface area (Å²) >= 11 is 0. The van der Waals surface area contributed by atoms with Crippen LogP contribution in [0.15, 0.2) is 18.2 Å². The first-order valence-electron chi connectivity index (χ1n) is 7.45. The molecule has 0 atom stereocenters. The van der Waals surface area contributed by atoms with Gasteiger partial charge in [0.25, 0.3) is 0 Å². The number of rotatable bonds is 9. The molecule has 20 heavy (non-hydrogen) atoms. The number of methoxy groups -OCH3 is 1. The van der Waals surface area contributed by atoms with E-state index in [1.165, 1.54) is 12.8 Å². The highest BCUT2D eigenvalue weighted by atomic mass is 19.1. The zero-order valence-electron chi connectivity index (χ0n) is 12.5. The third-order valence-corrected chi connectivity index (χ3v) is 3.71. The smallest absolute Gasteiger partial charge is 0.127 e. The molecule has 0 bridgehead atoms. The lowest BCUT2D eigenvalue weighted by Gasteiger charge is -2.22. The largest absolute Gasteiger partial charge is 0.383 e. The molecule has 1 N–H and O–H groups in total. The highest BCUT2D eigenvalue weighted by Gasteiger charge is 2.29. The van der Waals surface area contributed by atoms with Crippen molar-refractivity contribution in [3.8, 4) is 0 Å². The van der Waals surface area contributed by atoms with Crippen LogP contribution in [0.3, 0.4) is 0 Å². The normalized spacial score (nSPS) is 15.0. The first kappa shape index (κ1) is 15.4. The summed E-state index contributed by atoms with van der Waals surface area (Å²) in [5.41, 5.74) is 1.94. The van der Waals surface area contributed by atoms with Crippen molar-refractivity contribution in [2.45, 2.75) is 38.9 Å². The number of ether oxygens (including phenoxy) is 1. The van der Waals surface area contributed by atoms with E-state index in [2.05, 4.69) is 17.1 Å². The topological polar surface area (TPSA) is 24.5 Å². The Morgan fingerprint density at radius 2 is 2.20 bits per heavy atom. The van der Waals surface area contributed by atoms with Gasteiger partial charge in [0.1, 0.15) is 5.82 Å². The number of hydrogen-bond donors (Lipinski definition) is 1. The summed E-state index contributed by atoms with van der Waals surface area (Å²) in [6, 6.07) is 6.05. The van der Waals surface area contributed by atoms with Crippen LogP contribution in [0.2, 0.25) is 0 Å². The lowest BCUT2D eigenvalue weighted by molar-refractivity contribution is 0.139. The number of hydrogen-bond acceptors (Lipinski definition) is 3. The second-order valence-corrected chi connectivity index (χ2v) is 5.40. The number of nitrogens with zero attached hydrogens (tertiary/aromatic N) is 1. The SMILES string of the molecule is CCNCc1ccc(F)c(CN(CCOC)C2CC2)c1. The van der Waals surface area contributed by atoms with Gasteiger partial charge in [-0.15, -0.1) is 0 Å². The Labute approximate surface area is 121 Å². The van der Waals surface area contributed by atoms with Crippen LogP contribution < -0.4 is 5.32 Å². The van der Waals surface area contributed by atoms with Crippen molar-refractivity contribution in [1.29, 1.82) is 0 Å². The Bertz CT molecular complexity index is 421. The minimum absolute atomic E-state index is 0.103. The van der Waals surface area contributed by atoms with Gasteiger partial charge >= 0.3 is 0 Å². The van der Waals surface area contributed by atoms with Crippen molar-refractivity contribution >= 4 is 0 Å². The minimum atomic E-state index is -0.103. The van der Waals surface area contributed by atoms with E-state index < -0.39 is 0 Å². The predicted molar refractivity (Wildman–Crippen MR) is 79.1 cm³/mol. The van der Waals surface area contributed by atoms with Gasteiger partial charge in [0.15, 0.2) is 0 Å². The molecule has 1 aromatic rings. The third kappa shape index (κ3) is 4.54. The lowest BCUT2D eigenvalue weighted by Crippen LogP contribution is -2.29. The fourth-order valence-electron chi connectivity index (χ4n) is 2.39. The third-order valence-electron chi connectivity index (χ3n) is 3.71. The van der Waals surface area contributed by atoms with Crippen molar-refractivity contribution < 1.29 is 9.13 Å². The van der Waals surface area contributed by atoms with E-state index in [1.807, 2.05) is 12.1 Å². The Kier molecular flexibility index (Phi) is 5.95. The second-order valence-electron chi connectivity index (χ2n) is 5.40. The van der Waals surface area contributed by atoms with E-state index >= 15 is 0 Å². The van der Waals surface area contributed by atoms with Crippen molar-refractivity contribution in [3.05, 3.63) is 35.1 Å². The summed E-state index contributed by atoms with van der Waals surface area (Å²) in [7, 11) is 1.71. The Morgan fingerprint density at radius 1 is 1.40 bits per heavy atom. The van der Waals surface area contributed by atoms with Crippen LogP contribution in [0.25, 0.3) is 0 Å². The second kappa shape index (κ2) is 7.72. The quantitative estimate of drug-likeness (QED) is 0.752. The molecule has 0 heterocycles. The molecule has 0 spiro atoms. The molecule has 1 aliphatic carbocycles. The van der Waals surface area contributed by atoms with Gasteiger partial charge in [-0.3, -0.25) is 4.90 Å². The average molecular weight is 280 g/mol. The van der Waals surface area contributed by atoms with Crippen LogP contribution in [-0.4, -0.2) is 37.7 Å². The molecule has 1 aromatic carbocycles. The molecule has 0 saturated heterocycles. The van der Waals surface area contributed by atoms with E-state index in [1.54, 1.807) is 13.2 Å². The molecule has 0 aliphatic heterocycles. The zero-order valence-corrected chi connectivity index (χ0v) is 12.5. The van der Waals surface area contributed by atoms with Crippen molar-refractivity contribution in [1.82, 2.24) is 10.2 Å². The lowest BCUT2D eigenvalue weighted by atomic mass is 10.1. The number of nitrogens with one attached hydrogen (secondary N) is 1. The van der Waals surface area contributed by atoms with Crippen molar-refractivity contribution in [2.75, 3.05) is 26.8 Å². The van der Waals surface area contributed by atoms with E-state index in [0.29, 0.717) is 19.2 Å². The number of halogens is 1. The zero-order chi connectivity index (χ0) is 14.4. The van der Waals surface area contributed by atoms with Crippen molar-refractivity contribution in [3.63, 3.8) is 0 Å². The van der Waals surface area contributed by atoms with E-state index in [0.717, 1.165) is 30.8 Å². The molecule has 3 nitrogen and oxygen atoms in total. The van der Waals surface area contributed by atoms with Gasteiger partial charge in [0, 0.05) is 38.3 Å². The molecule has 0 aromatic heterocycles. The summed E-state index contributed by atoms with van der Waals surface area (Å²) in [5, 5.41) is 3.28. The van der Waals surface area contributed by atoms with E-state index in [4.69, 9.17) is 4.74 Å². The van der Waals surface area contributed by atoms with Crippen LogP contribution >= 0.6 is 0 Å². The minimum Gasteiger partial charge on any atom is -0.383 e. The maximum absolute atomic E-state index is 14.0. The van der Waals surface area contributed by atoms with Gasteiger partial charge in [-0.05, 0) is 31.0 Å². The average Bonchev–Trinajstić information content (AvgIpc) is 3.28. The molecule has 1 aliphatic rings. The predicted octanol–water partition coefficient (Wildman–Crippen LogP) is 2.55. The molecule has 0 radical (unpaired) electrons. The van der Waals surface area contributed by atoms with E-state index in [9.17, 15) is 4.39 Å². The molecular weight excluding hydrogens is 255 g/mol. The van der Waals surface area contributed by atoms with Gasteiger partial charge < -0.3 is 10.1 Å². The van der Waals surface area contributed by atoms with Gasteiger partial charge in [-0.25, -0.2) is 4.39 Å². The highest BCUT2D eigenvalue weighted by Crippen LogP contribution is 2.28. The van der Waals surface area contributed by atoms with Crippen LogP contribution in [0.1, 0.15) is 30.9 Å². The van der Waals surface area contributed by atoms with Crippen LogP contribution in [-0.2, 0) is 17.8 Å². The molecule has 0 amide bonds. The fraction of sp³-hybridized carbons (Fsp3) is 0.625. The Morgan fingerprint density at radius 3 is 2.85 bits per heavy atom. The van der Waals surface area contributed by atoms with E-state index in [-0.39, 0.29) is 5.82 Å². The highest BCUT2D eigenvalue weighted by molar-refractivity contribution is 5.25. The summed E-state index contributed by atoms with van der Waals surface area (Å²) < 4.78 is 19.1. The van der Waals surface area contributed by atoms with Gasteiger partial charge in [0.05, 0.1) is 6.61 Å². The monoisotopic (exact) mass is 280 g/mol. The molecule has 2 rings (SSSR count). The first-order valence-corrected chi connectivity index (χ1v) is 7.45. The summed E-state index contributed by atoms with van der Waals surface area (Å²) in [5.74, 6) is -0.103. The van der Waals surface area contributed by atoms with Gasteiger partial charge in [-0.2, -0.15) is 0 Å². The van der Waals surface area contributed by atoms with Crippen LogP contribution in [0, 0.1) is 5.82 Å². The number of benzene rings is 1. The molecular formula is C16H25FN2O. The fourth-order valence-corrected chi connectivity index (χ4v) is 2.39.